The van der Waals surface area contributed by atoms with Gasteiger partial charge in [-0.2, -0.15) is 0 Å². The van der Waals surface area contributed by atoms with Gasteiger partial charge in [0.15, 0.2) is 0 Å². The zero-order chi connectivity index (χ0) is 17.6. The van der Waals surface area contributed by atoms with Crippen LogP contribution in [0, 0.1) is 15.9 Å². The van der Waals surface area contributed by atoms with Crippen LogP contribution >= 0.6 is 0 Å². The molecular weight excluding hydrogens is 327 g/mol. The first-order valence-corrected chi connectivity index (χ1v) is 7.22. The molecule has 0 saturated heterocycles. The topological polar surface area (TPSA) is 105 Å². The molecule has 0 atom stereocenters. The Morgan fingerprint density at radius 3 is 2.24 bits per heavy atom. The summed E-state index contributed by atoms with van der Waals surface area (Å²) in [5.74, 6) is -0.422. The van der Waals surface area contributed by atoms with E-state index < -0.39 is 10.7 Å². The van der Waals surface area contributed by atoms with Gasteiger partial charge in [-0.15, -0.1) is 0 Å². The molecule has 1 aromatic heterocycles. The van der Waals surface area contributed by atoms with Gasteiger partial charge >= 0.3 is 5.69 Å². The van der Waals surface area contributed by atoms with E-state index >= 15 is 0 Å². The van der Waals surface area contributed by atoms with Crippen LogP contribution in [0.4, 0.5) is 33.1 Å². The van der Waals surface area contributed by atoms with Gasteiger partial charge in [-0.05, 0) is 36.4 Å². The second kappa shape index (κ2) is 7.21. The van der Waals surface area contributed by atoms with Crippen LogP contribution in [0.2, 0.25) is 0 Å². The van der Waals surface area contributed by atoms with E-state index in [9.17, 15) is 14.5 Å². The van der Waals surface area contributed by atoms with Gasteiger partial charge in [0.1, 0.15) is 12.1 Å². The highest BCUT2D eigenvalue weighted by atomic mass is 19.1. The first kappa shape index (κ1) is 16.1. The molecule has 3 rings (SSSR count). The molecule has 0 spiro atoms. The number of hydrazine groups is 1. The fraction of sp³-hybridized carbons (Fsp3) is 0. The highest BCUT2D eigenvalue weighted by Gasteiger charge is 2.23. The van der Waals surface area contributed by atoms with Gasteiger partial charge in [0, 0.05) is 5.69 Å². The minimum Gasteiger partial charge on any atom is -0.334 e. The summed E-state index contributed by atoms with van der Waals surface area (Å²) in [6, 6.07) is 14.5. The van der Waals surface area contributed by atoms with Crippen molar-refractivity contribution >= 4 is 28.7 Å². The molecule has 0 aliphatic heterocycles. The number of aromatic nitrogens is 2. The Hall–Kier alpha value is -3.75. The van der Waals surface area contributed by atoms with Crippen molar-refractivity contribution in [2.24, 2.45) is 0 Å². The van der Waals surface area contributed by atoms with Gasteiger partial charge in [0.05, 0.1) is 10.6 Å². The number of hydrogen-bond acceptors (Lipinski definition) is 7. The number of hydrogen-bond donors (Lipinski definition) is 3. The van der Waals surface area contributed by atoms with Gasteiger partial charge in [0.2, 0.25) is 11.6 Å². The van der Waals surface area contributed by atoms with Gasteiger partial charge < -0.3 is 5.32 Å². The van der Waals surface area contributed by atoms with E-state index in [1.807, 2.05) is 18.2 Å². The van der Waals surface area contributed by atoms with Crippen molar-refractivity contribution in [1.29, 1.82) is 0 Å². The quantitative estimate of drug-likeness (QED) is 0.464. The summed E-state index contributed by atoms with van der Waals surface area (Å²) in [4.78, 5) is 18.7. The highest BCUT2D eigenvalue weighted by Crippen LogP contribution is 2.31. The number of halogens is 1. The number of para-hydroxylation sites is 1. The van der Waals surface area contributed by atoms with Crippen LogP contribution in [-0.2, 0) is 0 Å². The molecule has 0 aliphatic carbocycles. The molecule has 0 saturated carbocycles. The van der Waals surface area contributed by atoms with Crippen molar-refractivity contribution in [3.05, 3.63) is 76.9 Å². The molecule has 9 heteroatoms. The highest BCUT2D eigenvalue weighted by molar-refractivity contribution is 5.74. The molecule has 2 aromatic carbocycles. The average molecular weight is 340 g/mol. The lowest BCUT2D eigenvalue weighted by molar-refractivity contribution is -0.383. The number of nitro groups is 1. The van der Waals surface area contributed by atoms with Crippen molar-refractivity contribution in [3.8, 4) is 0 Å². The number of nitrogens with one attached hydrogen (secondary N) is 3. The van der Waals surface area contributed by atoms with Crippen LogP contribution < -0.4 is 16.2 Å². The molecule has 3 aromatic rings. The normalized spacial score (nSPS) is 10.1. The number of benzene rings is 2. The Balaban J connectivity index is 1.86. The maximum atomic E-state index is 13.0. The Kier molecular flexibility index (Phi) is 4.65. The van der Waals surface area contributed by atoms with Crippen LogP contribution in [0.25, 0.3) is 0 Å². The molecular formula is C16H13FN6O2. The van der Waals surface area contributed by atoms with Crippen LogP contribution in [0.3, 0.4) is 0 Å². The van der Waals surface area contributed by atoms with Crippen molar-refractivity contribution < 1.29 is 9.31 Å². The Morgan fingerprint density at radius 1 is 0.880 bits per heavy atom. The molecule has 0 fully saturated rings. The molecule has 0 amide bonds. The zero-order valence-electron chi connectivity index (χ0n) is 12.8. The average Bonchev–Trinajstić information content (AvgIpc) is 2.62. The second-order valence-electron chi connectivity index (χ2n) is 4.92. The maximum absolute atomic E-state index is 13.0. The lowest BCUT2D eigenvalue weighted by Gasteiger charge is -2.11. The molecule has 0 bridgehead atoms. The van der Waals surface area contributed by atoms with Gasteiger partial charge in [-0.1, -0.05) is 18.2 Å². The van der Waals surface area contributed by atoms with Crippen molar-refractivity contribution in [2.75, 3.05) is 16.2 Å². The first-order valence-electron chi connectivity index (χ1n) is 7.22. The molecule has 25 heavy (non-hydrogen) atoms. The molecule has 1 heterocycles. The molecule has 0 radical (unpaired) electrons. The minimum atomic E-state index is -0.596. The van der Waals surface area contributed by atoms with E-state index in [1.165, 1.54) is 30.6 Å². The van der Waals surface area contributed by atoms with E-state index in [0.717, 1.165) is 0 Å². The second-order valence-corrected chi connectivity index (χ2v) is 4.92. The third kappa shape index (κ3) is 3.96. The van der Waals surface area contributed by atoms with Crippen molar-refractivity contribution in [2.45, 2.75) is 0 Å². The summed E-state index contributed by atoms with van der Waals surface area (Å²) in [7, 11) is 0. The predicted octanol–water partition coefficient (Wildman–Crippen LogP) is 3.71. The lowest BCUT2D eigenvalue weighted by atomic mass is 10.3. The fourth-order valence-electron chi connectivity index (χ4n) is 2.06. The number of nitrogens with zero attached hydrogens (tertiary/aromatic N) is 3. The predicted molar refractivity (Wildman–Crippen MR) is 92.1 cm³/mol. The smallest absolute Gasteiger partial charge is 0.334 e. The van der Waals surface area contributed by atoms with E-state index in [4.69, 9.17) is 0 Å². The first-order chi connectivity index (χ1) is 12.1. The van der Waals surface area contributed by atoms with Crippen LogP contribution in [0.5, 0.6) is 0 Å². The molecule has 8 nitrogen and oxygen atoms in total. The van der Waals surface area contributed by atoms with Gasteiger partial charge in [-0.3, -0.25) is 21.0 Å². The summed E-state index contributed by atoms with van der Waals surface area (Å²) in [6.07, 6.45) is 1.19. The SMILES string of the molecule is O=[N+]([O-])c1c(NNc2ccccc2)ncnc1Nc1ccc(F)cc1. The van der Waals surface area contributed by atoms with Gasteiger partial charge in [0.25, 0.3) is 0 Å². The standard InChI is InChI=1S/C16H13FN6O2/c17-11-6-8-12(9-7-11)20-15-14(23(24)25)16(19-10-18-15)22-21-13-4-2-1-3-5-13/h1-10,21H,(H2,18,19,20,22). The largest absolute Gasteiger partial charge is 0.355 e. The molecule has 0 aliphatic rings. The number of anilines is 4. The lowest BCUT2D eigenvalue weighted by Crippen LogP contribution is -2.13. The van der Waals surface area contributed by atoms with E-state index in [0.29, 0.717) is 11.4 Å². The van der Waals surface area contributed by atoms with Gasteiger partial charge in [-0.25, -0.2) is 14.4 Å². The Morgan fingerprint density at radius 2 is 1.56 bits per heavy atom. The third-order valence-electron chi connectivity index (χ3n) is 3.21. The zero-order valence-corrected chi connectivity index (χ0v) is 12.8. The van der Waals surface area contributed by atoms with Crippen molar-refractivity contribution in [1.82, 2.24) is 9.97 Å². The molecule has 3 N–H and O–H groups in total. The summed E-state index contributed by atoms with van der Waals surface area (Å²) in [5, 5.41) is 14.2. The Labute approximate surface area is 141 Å². The van der Waals surface area contributed by atoms with E-state index in [1.54, 1.807) is 12.1 Å². The van der Waals surface area contributed by atoms with Crippen LogP contribution in [-0.4, -0.2) is 14.9 Å². The van der Waals surface area contributed by atoms with E-state index in [-0.39, 0.29) is 17.3 Å². The number of rotatable bonds is 6. The van der Waals surface area contributed by atoms with Crippen LogP contribution in [0.15, 0.2) is 60.9 Å². The Bertz CT molecular complexity index is 874. The third-order valence-corrected chi connectivity index (χ3v) is 3.21. The molecule has 126 valence electrons. The van der Waals surface area contributed by atoms with E-state index in [2.05, 4.69) is 26.1 Å². The maximum Gasteiger partial charge on any atom is 0.355 e. The summed E-state index contributed by atoms with van der Waals surface area (Å²) in [5.41, 5.74) is 6.37. The molecule has 0 unspecified atom stereocenters. The fourth-order valence-corrected chi connectivity index (χ4v) is 2.06. The van der Waals surface area contributed by atoms with Crippen LogP contribution in [0.1, 0.15) is 0 Å². The summed E-state index contributed by atoms with van der Waals surface area (Å²) in [6.45, 7) is 0. The van der Waals surface area contributed by atoms with Crippen molar-refractivity contribution in [3.63, 3.8) is 0 Å². The monoisotopic (exact) mass is 340 g/mol. The minimum absolute atomic E-state index is 0.00605. The summed E-state index contributed by atoms with van der Waals surface area (Å²) >= 11 is 0. The summed E-state index contributed by atoms with van der Waals surface area (Å²) < 4.78 is 13.0.